The lowest BCUT2D eigenvalue weighted by molar-refractivity contribution is 0.0950. The standard InChI is InChI=1S/C14H14N2OS/c15-16-14(17)12-8-4-5-9-13(12)18-10-11-6-2-1-3-7-11/h1-9H,10,15H2,(H,16,17). The van der Waals surface area contributed by atoms with Crippen molar-refractivity contribution in [3.8, 4) is 0 Å². The fourth-order valence-corrected chi connectivity index (χ4v) is 2.60. The topological polar surface area (TPSA) is 55.1 Å². The van der Waals surface area contributed by atoms with Crippen molar-refractivity contribution < 1.29 is 4.79 Å². The molecule has 92 valence electrons. The highest BCUT2D eigenvalue weighted by atomic mass is 32.2. The smallest absolute Gasteiger partial charge is 0.266 e. The second-order valence-corrected chi connectivity index (χ2v) is 4.76. The van der Waals surface area contributed by atoms with E-state index in [0.717, 1.165) is 10.6 Å². The molecule has 0 radical (unpaired) electrons. The van der Waals surface area contributed by atoms with Gasteiger partial charge in [-0.25, -0.2) is 5.84 Å². The van der Waals surface area contributed by atoms with Gasteiger partial charge < -0.3 is 0 Å². The second kappa shape index (κ2) is 6.23. The summed E-state index contributed by atoms with van der Waals surface area (Å²) in [6, 6.07) is 17.6. The van der Waals surface area contributed by atoms with Gasteiger partial charge >= 0.3 is 0 Å². The third-order valence-electron chi connectivity index (χ3n) is 2.50. The highest BCUT2D eigenvalue weighted by molar-refractivity contribution is 7.98. The Morgan fingerprint density at radius 1 is 1.06 bits per heavy atom. The molecule has 2 rings (SSSR count). The molecule has 3 N–H and O–H groups in total. The number of carbonyl (C=O) groups excluding carboxylic acids is 1. The third kappa shape index (κ3) is 3.12. The number of nitrogen functional groups attached to an aromatic ring is 1. The summed E-state index contributed by atoms with van der Waals surface area (Å²) in [5.41, 5.74) is 4.01. The summed E-state index contributed by atoms with van der Waals surface area (Å²) in [6.07, 6.45) is 0. The minimum absolute atomic E-state index is 0.258. The lowest BCUT2D eigenvalue weighted by Crippen LogP contribution is -2.30. The van der Waals surface area contributed by atoms with Crippen molar-refractivity contribution in [1.82, 2.24) is 5.43 Å². The van der Waals surface area contributed by atoms with Crippen LogP contribution in [0.25, 0.3) is 0 Å². The monoisotopic (exact) mass is 258 g/mol. The molecule has 3 nitrogen and oxygen atoms in total. The summed E-state index contributed by atoms with van der Waals surface area (Å²) in [7, 11) is 0. The highest BCUT2D eigenvalue weighted by Crippen LogP contribution is 2.26. The Balaban J connectivity index is 2.12. The number of benzene rings is 2. The average Bonchev–Trinajstić information content (AvgIpc) is 2.45. The lowest BCUT2D eigenvalue weighted by atomic mass is 10.2. The van der Waals surface area contributed by atoms with Gasteiger partial charge in [0.2, 0.25) is 0 Å². The summed E-state index contributed by atoms with van der Waals surface area (Å²) >= 11 is 1.63. The van der Waals surface area contributed by atoms with E-state index in [1.165, 1.54) is 5.56 Å². The van der Waals surface area contributed by atoms with Crippen LogP contribution < -0.4 is 11.3 Å². The van der Waals surface area contributed by atoms with Crippen LogP contribution in [0.1, 0.15) is 15.9 Å². The normalized spacial score (nSPS) is 10.1. The molecule has 0 saturated heterocycles. The molecule has 2 aromatic carbocycles. The Labute approximate surface area is 110 Å². The minimum atomic E-state index is -0.258. The zero-order valence-corrected chi connectivity index (χ0v) is 10.6. The summed E-state index contributed by atoms with van der Waals surface area (Å²) in [5.74, 6) is 5.74. The quantitative estimate of drug-likeness (QED) is 0.383. The van der Waals surface area contributed by atoms with E-state index in [0.29, 0.717) is 5.56 Å². The van der Waals surface area contributed by atoms with Crippen LogP contribution in [0.2, 0.25) is 0 Å². The zero-order chi connectivity index (χ0) is 12.8. The fraction of sp³-hybridized carbons (Fsp3) is 0.0714. The van der Waals surface area contributed by atoms with Gasteiger partial charge in [-0.3, -0.25) is 10.2 Å². The van der Waals surface area contributed by atoms with Crippen molar-refractivity contribution >= 4 is 17.7 Å². The Bertz CT molecular complexity index is 528. The third-order valence-corrected chi connectivity index (χ3v) is 3.64. The van der Waals surface area contributed by atoms with E-state index in [-0.39, 0.29) is 5.91 Å². The number of rotatable bonds is 4. The van der Waals surface area contributed by atoms with Crippen LogP contribution in [0.15, 0.2) is 59.5 Å². The molecule has 1 amide bonds. The number of hydrogen-bond donors (Lipinski definition) is 2. The molecule has 0 unspecified atom stereocenters. The number of nitrogens with two attached hydrogens (primary N) is 1. The molecule has 0 aromatic heterocycles. The first-order chi connectivity index (χ1) is 8.81. The molecular formula is C14H14N2OS. The van der Waals surface area contributed by atoms with E-state index >= 15 is 0 Å². The second-order valence-electron chi connectivity index (χ2n) is 3.74. The molecule has 4 heteroatoms. The van der Waals surface area contributed by atoms with Crippen molar-refractivity contribution in [2.24, 2.45) is 5.84 Å². The molecule has 0 heterocycles. The number of hydrogen-bond acceptors (Lipinski definition) is 3. The molecule has 0 aliphatic carbocycles. The highest BCUT2D eigenvalue weighted by Gasteiger charge is 2.09. The van der Waals surface area contributed by atoms with Gasteiger partial charge in [0.1, 0.15) is 0 Å². The van der Waals surface area contributed by atoms with Gasteiger partial charge in [-0.1, -0.05) is 42.5 Å². The van der Waals surface area contributed by atoms with Crippen molar-refractivity contribution in [2.75, 3.05) is 0 Å². The molecule has 0 spiro atoms. The largest absolute Gasteiger partial charge is 0.290 e. The fourth-order valence-electron chi connectivity index (χ4n) is 1.59. The molecule has 18 heavy (non-hydrogen) atoms. The van der Waals surface area contributed by atoms with E-state index in [1.807, 2.05) is 36.4 Å². The van der Waals surface area contributed by atoms with Crippen molar-refractivity contribution in [2.45, 2.75) is 10.6 Å². The molecule has 0 saturated carbocycles. The van der Waals surface area contributed by atoms with Gasteiger partial charge in [0, 0.05) is 10.6 Å². The maximum atomic E-state index is 11.6. The van der Waals surface area contributed by atoms with Crippen LogP contribution in [-0.2, 0) is 5.75 Å². The van der Waals surface area contributed by atoms with Crippen molar-refractivity contribution in [3.63, 3.8) is 0 Å². The number of hydrazine groups is 1. The van der Waals surface area contributed by atoms with Crippen molar-refractivity contribution in [1.29, 1.82) is 0 Å². The summed E-state index contributed by atoms with van der Waals surface area (Å²) in [5, 5.41) is 0. The van der Waals surface area contributed by atoms with Gasteiger partial charge in [0.15, 0.2) is 0 Å². The number of thioether (sulfide) groups is 1. The van der Waals surface area contributed by atoms with E-state index in [9.17, 15) is 4.79 Å². The predicted octanol–water partition coefficient (Wildman–Crippen LogP) is 2.58. The minimum Gasteiger partial charge on any atom is -0.290 e. The van der Waals surface area contributed by atoms with Crippen molar-refractivity contribution in [3.05, 3.63) is 65.7 Å². The van der Waals surface area contributed by atoms with E-state index < -0.39 is 0 Å². The van der Waals surface area contributed by atoms with E-state index in [4.69, 9.17) is 5.84 Å². The van der Waals surface area contributed by atoms with Crippen LogP contribution in [0.4, 0.5) is 0 Å². The van der Waals surface area contributed by atoms with Crippen LogP contribution in [0.3, 0.4) is 0 Å². The van der Waals surface area contributed by atoms with E-state index in [1.54, 1.807) is 17.8 Å². The Morgan fingerprint density at radius 2 is 1.72 bits per heavy atom. The first-order valence-corrected chi connectivity index (χ1v) is 6.56. The first-order valence-electron chi connectivity index (χ1n) is 5.58. The maximum absolute atomic E-state index is 11.6. The number of amides is 1. The molecular weight excluding hydrogens is 244 g/mol. The van der Waals surface area contributed by atoms with Gasteiger partial charge in [0.05, 0.1) is 5.56 Å². The van der Waals surface area contributed by atoms with E-state index in [2.05, 4.69) is 17.6 Å². The molecule has 0 fully saturated rings. The lowest BCUT2D eigenvalue weighted by Gasteiger charge is -2.07. The molecule has 0 bridgehead atoms. The zero-order valence-electron chi connectivity index (χ0n) is 9.80. The number of carbonyl (C=O) groups is 1. The Hall–Kier alpha value is -1.78. The summed E-state index contributed by atoms with van der Waals surface area (Å²) < 4.78 is 0. The number of nitrogens with one attached hydrogen (secondary N) is 1. The SMILES string of the molecule is NNC(=O)c1ccccc1SCc1ccccc1. The Kier molecular flexibility index (Phi) is 4.39. The van der Waals surface area contributed by atoms with Gasteiger partial charge in [-0.15, -0.1) is 11.8 Å². The van der Waals surface area contributed by atoms with Gasteiger partial charge in [0.25, 0.3) is 5.91 Å². The van der Waals surface area contributed by atoms with Gasteiger partial charge in [-0.05, 0) is 17.7 Å². The van der Waals surface area contributed by atoms with Crippen LogP contribution in [-0.4, -0.2) is 5.91 Å². The predicted molar refractivity (Wildman–Crippen MR) is 74.1 cm³/mol. The molecule has 2 aromatic rings. The molecule has 0 aliphatic rings. The first kappa shape index (κ1) is 12.7. The average molecular weight is 258 g/mol. The van der Waals surface area contributed by atoms with Gasteiger partial charge in [-0.2, -0.15) is 0 Å². The molecule has 0 atom stereocenters. The van der Waals surface area contributed by atoms with Crippen LogP contribution >= 0.6 is 11.8 Å². The van der Waals surface area contributed by atoms with Crippen LogP contribution in [0.5, 0.6) is 0 Å². The summed E-state index contributed by atoms with van der Waals surface area (Å²) in [4.78, 5) is 12.5. The maximum Gasteiger partial charge on any atom is 0.266 e. The Morgan fingerprint density at radius 3 is 2.44 bits per heavy atom. The molecule has 0 aliphatic heterocycles. The summed E-state index contributed by atoms with van der Waals surface area (Å²) in [6.45, 7) is 0. The van der Waals surface area contributed by atoms with Crippen LogP contribution in [0, 0.1) is 0 Å².